The van der Waals surface area contributed by atoms with Gasteiger partial charge in [0, 0.05) is 17.8 Å². The van der Waals surface area contributed by atoms with Gasteiger partial charge in [-0.1, -0.05) is 13.8 Å². The number of carboxylic acids is 1. The molecule has 0 aromatic carbocycles. The van der Waals surface area contributed by atoms with Crippen molar-refractivity contribution in [2.45, 2.75) is 52.0 Å². The summed E-state index contributed by atoms with van der Waals surface area (Å²) in [5, 5.41) is 15.1. The van der Waals surface area contributed by atoms with Gasteiger partial charge in [0.15, 0.2) is 5.13 Å². The molecule has 106 valence electrons. The third-order valence-corrected chi connectivity index (χ3v) is 4.48. The van der Waals surface area contributed by atoms with Gasteiger partial charge >= 0.3 is 5.97 Å². The lowest BCUT2D eigenvalue weighted by Gasteiger charge is -2.31. The van der Waals surface area contributed by atoms with Gasteiger partial charge in [0.1, 0.15) is 0 Å². The predicted octanol–water partition coefficient (Wildman–Crippen LogP) is 3.40. The molecule has 1 aliphatic rings. The molecule has 1 aromatic rings. The zero-order valence-electron chi connectivity index (χ0n) is 11.6. The van der Waals surface area contributed by atoms with E-state index in [1.807, 2.05) is 5.38 Å². The molecule has 0 amide bonds. The van der Waals surface area contributed by atoms with Crippen LogP contribution in [0.5, 0.6) is 0 Å². The number of hydrogen-bond donors (Lipinski definition) is 2. The molecule has 0 aliphatic heterocycles. The predicted molar refractivity (Wildman–Crippen MR) is 77.7 cm³/mol. The van der Waals surface area contributed by atoms with E-state index in [1.54, 1.807) is 11.3 Å². The van der Waals surface area contributed by atoms with Crippen LogP contribution in [0.4, 0.5) is 5.13 Å². The van der Waals surface area contributed by atoms with Gasteiger partial charge in [0.2, 0.25) is 0 Å². The van der Waals surface area contributed by atoms with Crippen LogP contribution < -0.4 is 5.32 Å². The number of carboxylic acid groups (broad SMARTS) is 1. The first kappa shape index (κ1) is 14.3. The van der Waals surface area contributed by atoms with Crippen molar-refractivity contribution >= 4 is 22.4 Å². The summed E-state index contributed by atoms with van der Waals surface area (Å²) < 4.78 is 0. The molecular weight excluding hydrogens is 260 g/mol. The van der Waals surface area contributed by atoms with Gasteiger partial charge in [0.05, 0.1) is 12.1 Å². The second-order valence-corrected chi connectivity index (χ2v) is 6.65. The van der Waals surface area contributed by atoms with Gasteiger partial charge in [-0.3, -0.25) is 4.79 Å². The van der Waals surface area contributed by atoms with E-state index in [2.05, 4.69) is 24.1 Å². The number of thiazole rings is 1. The van der Waals surface area contributed by atoms with Crippen LogP contribution in [0.1, 0.15) is 45.2 Å². The van der Waals surface area contributed by atoms with Crippen LogP contribution >= 0.6 is 11.3 Å². The molecule has 0 radical (unpaired) electrons. The first-order valence-corrected chi connectivity index (χ1v) is 7.83. The van der Waals surface area contributed by atoms with E-state index in [-0.39, 0.29) is 6.42 Å². The Kier molecular flexibility index (Phi) is 4.80. The summed E-state index contributed by atoms with van der Waals surface area (Å²) in [5.41, 5.74) is 0.881. The molecule has 1 saturated carbocycles. The number of rotatable bonds is 5. The molecule has 2 atom stereocenters. The Bertz CT molecular complexity index is 423. The van der Waals surface area contributed by atoms with Crippen LogP contribution in [-0.2, 0) is 11.2 Å². The van der Waals surface area contributed by atoms with Crippen molar-refractivity contribution in [1.29, 1.82) is 0 Å². The minimum Gasteiger partial charge on any atom is -0.481 e. The van der Waals surface area contributed by atoms with Gasteiger partial charge in [-0.25, -0.2) is 4.98 Å². The Morgan fingerprint density at radius 2 is 2.11 bits per heavy atom. The van der Waals surface area contributed by atoms with E-state index in [1.165, 1.54) is 19.3 Å². The molecule has 1 fully saturated rings. The van der Waals surface area contributed by atoms with Crippen molar-refractivity contribution in [3.05, 3.63) is 11.1 Å². The second kappa shape index (κ2) is 6.37. The van der Waals surface area contributed by atoms with Crippen molar-refractivity contribution in [2.24, 2.45) is 11.8 Å². The first-order chi connectivity index (χ1) is 9.02. The topological polar surface area (TPSA) is 62.2 Å². The van der Waals surface area contributed by atoms with Crippen molar-refractivity contribution in [3.8, 4) is 0 Å². The van der Waals surface area contributed by atoms with Gasteiger partial charge < -0.3 is 10.4 Å². The van der Waals surface area contributed by atoms with Crippen LogP contribution in [0, 0.1) is 11.8 Å². The van der Waals surface area contributed by atoms with Gasteiger partial charge in [-0.15, -0.1) is 11.3 Å². The number of carbonyl (C=O) groups is 1. The molecule has 0 bridgehead atoms. The monoisotopic (exact) mass is 282 g/mol. The Labute approximate surface area is 118 Å². The van der Waals surface area contributed by atoms with Gasteiger partial charge in [-0.2, -0.15) is 0 Å². The Morgan fingerprint density at radius 3 is 2.74 bits per heavy atom. The zero-order valence-corrected chi connectivity index (χ0v) is 12.4. The lowest BCUT2D eigenvalue weighted by molar-refractivity contribution is -0.136. The van der Waals surface area contributed by atoms with Crippen molar-refractivity contribution in [1.82, 2.24) is 4.98 Å². The minimum atomic E-state index is -0.766. The van der Waals surface area contributed by atoms with Crippen LogP contribution in [0.15, 0.2) is 5.38 Å². The number of nitrogens with one attached hydrogen (secondary N) is 1. The van der Waals surface area contributed by atoms with E-state index >= 15 is 0 Å². The summed E-state index contributed by atoms with van der Waals surface area (Å²) in [6.45, 7) is 4.62. The molecule has 2 N–H and O–H groups in total. The number of aromatic nitrogens is 1. The van der Waals surface area contributed by atoms with E-state index in [0.29, 0.717) is 12.5 Å². The summed E-state index contributed by atoms with van der Waals surface area (Å²) in [7, 11) is 0. The summed E-state index contributed by atoms with van der Waals surface area (Å²) in [6.07, 6.45) is 4.40. The molecule has 19 heavy (non-hydrogen) atoms. The standard InChI is InChI=1S/C14H22N2O2S/c1-9-5-10(2)7-12(6-9)16-14-15-11(8-19-14)3-4-13(17)18/h8-10,12H,3-7H2,1-2H3,(H,15,16)(H,17,18). The van der Waals surface area contributed by atoms with Crippen LogP contribution in [-0.4, -0.2) is 22.1 Å². The molecule has 1 aromatic heterocycles. The quantitative estimate of drug-likeness (QED) is 0.869. The minimum absolute atomic E-state index is 0.153. The average molecular weight is 282 g/mol. The Morgan fingerprint density at radius 1 is 1.42 bits per heavy atom. The molecule has 2 unspecified atom stereocenters. The fraction of sp³-hybridized carbons (Fsp3) is 0.714. The van der Waals surface area contributed by atoms with E-state index in [4.69, 9.17) is 5.11 Å². The van der Waals surface area contributed by atoms with E-state index < -0.39 is 5.97 Å². The molecule has 4 nitrogen and oxygen atoms in total. The summed E-state index contributed by atoms with van der Waals surface area (Å²) in [4.78, 5) is 15.0. The van der Waals surface area contributed by atoms with Gasteiger partial charge in [0.25, 0.3) is 0 Å². The largest absolute Gasteiger partial charge is 0.481 e. The van der Waals surface area contributed by atoms with Crippen LogP contribution in [0.3, 0.4) is 0 Å². The maximum Gasteiger partial charge on any atom is 0.303 e. The van der Waals surface area contributed by atoms with Crippen molar-refractivity contribution in [3.63, 3.8) is 0 Å². The summed E-state index contributed by atoms with van der Waals surface area (Å²) in [5.74, 6) is 0.776. The molecule has 0 saturated heterocycles. The lowest BCUT2D eigenvalue weighted by Crippen LogP contribution is -2.30. The smallest absolute Gasteiger partial charge is 0.303 e. The van der Waals surface area contributed by atoms with Gasteiger partial charge in [-0.05, 0) is 31.1 Å². The van der Waals surface area contributed by atoms with Crippen LogP contribution in [0.25, 0.3) is 0 Å². The highest BCUT2D eigenvalue weighted by molar-refractivity contribution is 7.13. The number of nitrogens with zero attached hydrogens (tertiary/aromatic N) is 1. The van der Waals surface area contributed by atoms with E-state index in [0.717, 1.165) is 22.7 Å². The highest BCUT2D eigenvalue weighted by atomic mass is 32.1. The van der Waals surface area contributed by atoms with Crippen LogP contribution in [0.2, 0.25) is 0 Å². The second-order valence-electron chi connectivity index (χ2n) is 5.80. The maximum absolute atomic E-state index is 10.5. The number of hydrogen-bond acceptors (Lipinski definition) is 4. The van der Waals surface area contributed by atoms with Crippen molar-refractivity contribution < 1.29 is 9.90 Å². The normalized spacial score (nSPS) is 27.2. The lowest BCUT2D eigenvalue weighted by atomic mass is 9.80. The molecule has 5 heteroatoms. The maximum atomic E-state index is 10.5. The van der Waals surface area contributed by atoms with Crippen molar-refractivity contribution in [2.75, 3.05) is 5.32 Å². The van der Waals surface area contributed by atoms with E-state index in [9.17, 15) is 4.79 Å². The fourth-order valence-electron chi connectivity index (χ4n) is 2.96. The highest BCUT2D eigenvalue weighted by Gasteiger charge is 2.24. The highest BCUT2D eigenvalue weighted by Crippen LogP contribution is 2.31. The average Bonchev–Trinajstić information content (AvgIpc) is 2.72. The fourth-order valence-corrected chi connectivity index (χ4v) is 3.79. The zero-order chi connectivity index (χ0) is 13.8. The summed E-state index contributed by atoms with van der Waals surface area (Å²) >= 11 is 1.58. The molecule has 2 rings (SSSR count). The SMILES string of the molecule is CC1CC(C)CC(Nc2nc(CCC(=O)O)cs2)C1. The molecular formula is C14H22N2O2S. The Balaban J connectivity index is 1.87. The number of aliphatic carboxylic acids is 1. The third kappa shape index (κ3) is 4.49. The number of anilines is 1. The molecule has 1 aliphatic carbocycles. The summed E-state index contributed by atoms with van der Waals surface area (Å²) in [6, 6.07) is 0.511. The molecule has 1 heterocycles. The number of aryl methyl sites for hydroxylation is 1. The Hall–Kier alpha value is -1.10. The molecule has 0 spiro atoms. The third-order valence-electron chi connectivity index (χ3n) is 3.65. The first-order valence-electron chi connectivity index (χ1n) is 6.95.